The Morgan fingerprint density at radius 3 is 2.24 bits per heavy atom. The number of anilines is 1. The van der Waals surface area contributed by atoms with E-state index in [0.717, 1.165) is 0 Å². The molecule has 0 amide bonds. The van der Waals surface area contributed by atoms with Gasteiger partial charge in [0.1, 0.15) is 5.25 Å². The predicted molar refractivity (Wildman–Crippen MR) is 68.1 cm³/mol. The van der Waals surface area contributed by atoms with Crippen molar-refractivity contribution in [3.8, 4) is 0 Å². The van der Waals surface area contributed by atoms with Gasteiger partial charge in [-0.05, 0) is 17.7 Å². The molecule has 17 heavy (non-hydrogen) atoms. The average Bonchev–Trinajstić information content (AvgIpc) is 2.30. The molecule has 0 fully saturated rings. The van der Waals surface area contributed by atoms with Gasteiger partial charge in [-0.3, -0.25) is 0 Å². The minimum absolute atomic E-state index is 0.0408. The number of benzene rings is 1. The van der Waals surface area contributed by atoms with E-state index in [1.807, 2.05) is 0 Å². The molecule has 5 N–H and O–H groups in total. The number of sulfone groups is 1. The molecule has 0 unspecified atom stereocenters. The molecule has 5 nitrogen and oxygen atoms in total. The van der Waals surface area contributed by atoms with E-state index in [2.05, 4.69) is 0 Å². The molecule has 0 aliphatic heterocycles. The number of rotatable bonds is 5. The lowest BCUT2D eigenvalue weighted by atomic mass is 10.0. The number of hydrogen-bond donors (Lipinski definition) is 3. The quantitative estimate of drug-likeness (QED) is 0.648. The first-order valence-electron chi connectivity index (χ1n) is 5.35. The van der Waals surface area contributed by atoms with Crippen molar-refractivity contribution in [1.82, 2.24) is 0 Å². The lowest BCUT2D eigenvalue weighted by Gasteiger charge is -2.21. The fourth-order valence-corrected chi connectivity index (χ4v) is 2.86. The maximum atomic E-state index is 11.7. The Morgan fingerprint density at radius 1 is 1.29 bits per heavy atom. The van der Waals surface area contributed by atoms with Crippen molar-refractivity contribution in [1.29, 1.82) is 0 Å². The molecule has 1 aromatic carbocycles. The highest BCUT2D eigenvalue weighted by atomic mass is 32.2. The van der Waals surface area contributed by atoms with Gasteiger partial charge in [0, 0.05) is 17.5 Å². The van der Waals surface area contributed by atoms with Crippen LogP contribution in [0.4, 0.5) is 5.69 Å². The Morgan fingerprint density at radius 2 is 1.82 bits per heavy atom. The van der Waals surface area contributed by atoms with Crippen LogP contribution in [0.25, 0.3) is 0 Å². The van der Waals surface area contributed by atoms with Crippen LogP contribution >= 0.6 is 0 Å². The van der Waals surface area contributed by atoms with Gasteiger partial charge in [-0.15, -0.1) is 0 Å². The molecular formula is C11H18N2O3S. The largest absolute Gasteiger partial charge is 0.399 e. The summed E-state index contributed by atoms with van der Waals surface area (Å²) in [7, 11) is -3.37. The molecular weight excluding hydrogens is 240 g/mol. The summed E-state index contributed by atoms with van der Waals surface area (Å²) in [5.41, 5.74) is 12.7. The summed E-state index contributed by atoms with van der Waals surface area (Å²) in [6.07, 6.45) is 0. The van der Waals surface area contributed by atoms with E-state index >= 15 is 0 Å². The molecule has 1 aromatic rings. The first-order chi connectivity index (χ1) is 7.92. The molecule has 0 saturated carbocycles. The van der Waals surface area contributed by atoms with Crippen LogP contribution in [0, 0.1) is 0 Å². The third kappa shape index (κ3) is 3.18. The standard InChI is InChI=1S/C11H18N2O3S/c1-2-17(15,16)10(7-14)11(13)8-3-5-9(12)6-4-8/h3-6,10-11,14H,2,7,12-13H2,1H3/t10-,11-/m0/s1. The summed E-state index contributed by atoms with van der Waals surface area (Å²) >= 11 is 0. The number of aliphatic hydroxyl groups is 1. The van der Waals surface area contributed by atoms with E-state index < -0.39 is 27.7 Å². The summed E-state index contributed by atoms with van der Waals surface area (Å²) < 4.78 is 23.5. The van der Waals surface area contributed by atoms with E-state index in [1.54, 1.807) is 24.3 Å². The van der Waals surface area contributed by atoms with Crippen LogP contribution in [0.3, 0.4) is 0 Å². The molecule has 6 heteroatoms. The molecule has 0 aliphatic rings. The molecule has 0 heterocycles. The van der Waals surface area contributed by atoms with Crippen molar-refractivity contribution >= 4 is 15.5 Å². The summed E-state index contributed by atoms with van der Waals surface area (Å²) in [6.45, 7) is 1.05. The highest BCUT2D eigenvalue weighted by molar-refractivity contribution is 7.92. The van der Waals surface area contributed by atoms with Crippen molar-refractivity contribution in [2.45, 2.75) is 18.2 Å². The molecule has 0 radical (unpaired) electrons. The van der Waals surface area contributed by atoms with Crippen LogP contribution in [0.1, 0.15) is 18.5 Å². The fourth-order valence-electron chi connectivity index (χ4n) is 1.60. The van der Waals surface area contributed by atoms with Crippen molar-refractivity contribution in [3.63, 3.8) is 0 Å². The number of nitrogens with two attached hydrogens (primary N) is 2. The van der Waals surface area contributed by atoms with Crippen LogP contribution in [0.2, 0.25) is 0 Å². The van der Waals surface area contributed by atoms with Gasteiger partial charge in [0.15, 0.2) is 9.84 Å². The highest BCUT2D eigenvalue weighted by Crippen LogP contribution is 2.21. The van der Waals surface area contributed by atoms with Crippen LogP contribution in [-0.2, 0) is 9.84 Å². The average molecular weight is 258 g/mol. The number of nitrogen functional groups attached to an aromatic ring is 1. The minimum Gasteiger partial charge on any atom is -0.399 e. The Bertz CT molecular complexity index is 456. The highest BCUT2D eigenvalue weighted by Gasteiger charge is 2.30. The van der Waals surface area contributed by atoms with Gasteiger partial charge in [0.2, 0.25) is 0 Å². The molecule has 0 spiro atoms. The van der Waals surface area contributed by atoms with E-state index in [1.165, 1.54) is 6.92 Å². The minimum atomic E-state index is -3.37. The first kappa shape index (κ1) is 14.0. The van der Waals surface area contributed by atoms with E-state index in [4.69, 9.17) is 11.5 Å². The second-order valence-corrected chi connectivity index (χ2v) is 6.37. The zero-order valence-corrected chi connectivity index (χ0v) is 10.5. The van der Waals surface area contributed by atoms with E-state index in [0.29, 0.717) is 11.3 Å². The van der Waals surface area contributed by atoms with Gasteiger partial charge in [-0.25, -0.2) is 8.42 Å². The SMILES string of the molecule is CCS(=O)(=O)[C@@H](CO)[C@@H](N)c1ccc(N)cc1. The summed E-state index contributed by atoms with van der Waals surface area (Å²) in [5.74, 6) is -0.0408. The molecule has 2 atom stereocenters. The van der Waals surface area contributed by atoms with E-state index in [-0.39, 0.29) is 5.75 Å². The second kappa shape index (κ2) is 5.48. The second-order valence-electron chi connectivity index (χ2n) is 3.87. The van der Waals surface area contributed by atoms with Crippen LogP contribution in [-0.4, -0.2) is 31.1 Å². The fraction of sp³-hybridized carbons (Fsp3) is 0.455. The van der Waals surface area contributed by atoms with Crippen molar-refractivity contribution in [2.24, 2.45) is 5.73 Å². The number of hydrogen-bond acceptors (Lipinski definition) is 5. The van der Waals surface area contributed by atoms with Gasteiger partial charge in [0.25, 0.3) is 0 Å². The third-order valence-corrected chi connectivity index (χ3v) is 4.94. The van der Waals surface area contributed by atoms with Crippen LogP contribution < -0.4 is 11.5 Å². The Kier molecular flexibility index (Phi) is 4.50. The number of aliphatic hydroxyl groups excluding tert-OH is 1. The van der Waals surface area contributed by atoms with E-state index in [9.17, 15) is 13.5 Å². The predicted octanol–water partition coefficient (Wildman–Crippen LogP) is 0.0642. The third-order valence-electron chi connectivity index (χ3n) is 2.77. The van der Waals surface area contributed by atoms with Gasteiger partial charge in [-0.2, -0.15) is 0 Å². The summed E-state index contributed by atoms with van der Waals surface area (Å²) in [5, 5.41) is 8.22. The molecule has 0 bridgehead atoms. The zero-order valence-electron chi connectivity index (χ0n) is 9.70. The lowest BCUT2D eigenvalue weighted by Crippen LogP contribution is -2.37. The normalized spacial score (nSPS) is 15.5. The van der Waals surface area contributed by atoms with Gasteiger partial charge in [0.05, 0.1) is 6.61 Å². The van der Waals surface area contributed by atoms with Gasteiger partial charge in [-0.1, -0.05) is 19.1 Å². The molecule has 0 saturated heterocycles. The monoisotopic (exact) mass is 258 g/mol. The van der Waals surface area contributed by atoms with Crippen molar-refractivity contribution < 1.29 is 13.5 Å². The Hall–Kier alpha value is -1.11. The van der Waals surface area contributed by atoms with Gasteiger partial charge >= 0.3 is 0 Å². The molecule has 96 valence electrons. The Balaban J connectivity index is 3.02. The van der Waals surface area contributed by atoms with Crippen molar-refractivity contribution in [3.05, 3.63) is 29.8 Å². The first-order valence-corrected chi connectivity index (χ1v) is 7.07. The topological polar surface area (TPSA) is 106 Å². The smallest absolute Gasteiger partial charge is 0.157 e. The Labute approximate surface area is 101 Å². The lowest BCUT2D eigenvalue weighted by molar-refractivity contribution is 0.277. The summed E-state index contributed by atoms with van der Waals surface area (Å²) in [4.78, 5) is 0. The zero-order chi connectivity index (χ0) is 13.1. The molecule has 0 aliphatic carbocycles. The van der Waals surface area contributed by atoms with Crippen molar-refractivity contribution in [2.75, 3.05) is 18.1 Å². The van der Waals surface area contributed by atoms with Crippen LogP contribution in [0.15, 0.2) is 24.3 Å². The van der Waals surface area contributed by atoms with Gasteiger partial charge < -0.3 is 16.6 Å². The molecule has 0 aromatic heterocycles. The molecule has 1 rings (SSSR count). The maximum absolute atomic E-state index is 11.7. The summed E-state index contributed by atoms with van der Waals surface area (Å²) in [6, 6.07) is 5.91. The maximum Gasteiger partial charge on any atom is 0.157 e. The van der Waals surface area contributed by atoms with Crippen LogP contribution in [0.5, 0.6) is 0 Å².